The molecular weight excluding hydrogens is 244 g/mol. The van der Waals surface area contributed by atoms with Crippen LogP contribution in [0.25, 0.3) is 0 Å². The van der Waals surface area contributed by atoms with E-state index < -0.39 is 17.5 Å². The van der Waals surface area contributed by atoms with Crippen LogP contribution in [0.3, 0.4) is 0 Å². The number of carbonyl (C=O) groups is 1. The minimum Gasteiger partial charge on any atom is -0.334 e. The Labute approximate surface area is 103 Å². The SMILES string of the molecule is CC1CSCCN1C(=O)c1cccc(F)c1F. The lowest BCUT2D eigenvalue weighted by Gasteiger charge is -2.33. The van der Waals surface area contributed by atoms with Gasteiger partial charge in [0.15, 0.2) is 11.6 Å². The Balaban J connectivity index is 2.27. The summed E-state index contributed by atoms with van der Waals surface area (Å²) in [5.74, 6) is -0.775. The number of halogens is 2. The lowest BCUT2D eigenvalue weighted by atomic mass is 10.1. The predicted molar refractivity (Wildman–Crippen MR) is 64.2 cm³/mol. The fraction of sp³-hybridized carbons (Fsp3) is 0.417. The minimum absolute atomic E-state index is 0.0592. The highest BCUT2D eigenvalue weighted by molar-refractivity contribution is 7.99. The molecule has 0 aliphatic carbocycles. The molecule has 0 aromatic heterocycles. The number of carbonyl (C=O) groups excluding carboxylic acids is 1. The van der Waals surface area contributed by atoms with Crippen molar-refractivity contribution in [2.45, 2.75) is 13.0 Å². The quantitative estimate of drug-likeness (QED) is 0.770. The largest absolute Gasteiger partial charge is 0.334 e. The highest BCUT2D eigenvalue weighted by Gasteiger charge is 2.27. The Morgan fingerprint density at radius 1 is 1.47 bits per heavy atom. The number of hydrogen-bond donors (Lipinski definition) is 0. The summed E-state index contributed by atoms with van der Waals surface area (Å²) in [7, 11) is 0. The van der Waals surface area contributed by atoms with Crippen molar-refractivity contribution in [1.82, 2.24) is 4.90 Å². The van der Waals surface area contributed by atoms with E-state index in [0.29, 0.717) is 6.54 Å². The molecule has 1 aromatic rings. The van der Waals surface area contributed by atoms with E-state index in [1.807, 2.05) is 6.92 Å². The van der Waals surface area contributed by atoms with Gasteiger partial charge in [0.05, 0.1) is 5.56 Å². The van der Waals surface area contributed by atoms with Gasteiger partial charge in [-0.15, -0.1) is 0 Å². The number of rotatable bonds is 1. The van der Waals surface area contributed by atoms with E-state index in [-0.39, 0.29) is 11.6 Å². The lowest BCUT2D eigenvalue weighted by molar-refractivity contribution is 0.0710. The highest BCUT2D eigenvalue weighted by atomic mass is 32.2. The van der Waals surface area contributed by atoms with Gasteiger partial charge in [0.2, 0.25) is 0 Å². The molecule has 0 radical (unpaired) electrons. The molecule has 1 atom stereocenters. The maximum Gasteiger partial charge on any atom is 0.257 e. The Bertz CT molecular complexity index is 439. The third-order valence-electron chi connectivity index (χ3n) is 2.81. The van der Waals surface area contributed by atoms with Crippen molar-refractivity contribution in [2.24, 2.45) is 0 Å². The van der Waals surface area contributed by atoms with Crippen molar-refractivity contribution in [3.05, 3.63) is 35.4 Å². The van der Waals surface area contributed by atoms with Crippen LogP contribution >= 0.6 is 11.8 Å². The molecule has 1 unspecified atom stereocenters. The van der Waals surface area contributed by atoms with Crippen molar-refractivity contribution < 1.29 is 13.6 Å². The van der Waals surface area contributed by atoms with Gasteiger partial charge in [-0.1, -0.05) is 6.07 Å². The zero-order valence-corrected chi connectivity index (χ0v) is 10.3. The summed E-state index contributed by atoms with van der Waals surface area (Å²) in [4.78, 5) is 13.7. The van der Waals surface area contributed by atoms with Crippen LogP contribution in [0.5, 0.6) is 0 Å². The van der Waals surface area contributed by atoms with Crippen LogP contribution in [-0.4, -0.2) is 34.9 Å². The van der Waals surface area contributed by atoms with Crippen LogP contribution in [0.2, 0.25) is 0 Å². The fourth-order valence-corrected chi connectivity index (χ4v) is 2.87. The molecule has 0 N–H and O–H groups in total. The minimum atomic E-state index is -1.05. The molecule has 1 aromatic carbocycles. The molecule has 1 amide bonds. The van der Waals surface area contributed by atoms with Crippen LogP contribution in [0.15, 0.2) is 18.2 Å². The average Bonchev–Trinajstić information content (AvgIpc) is 2.32. The van der Waals surface area contributed by atoms with Gasteiger partial charge in [-0.05, 0) is 19.1 Å². The van der Waals surface area contributed by atoms with E-state index in [9.17, 15) is 13.6 Å². The first kappa shape index (κ1) is 12.4. The molecule has 17 heavy (non-hydrogen) atoms. The van der Waals surface area contributed by atoms with Crippen LogP contribution in [-0.2, 0) is 0 Å². The van der Waals surface area contributed by atoms with Gasteiger partial charge in [0, 0.05) is 24.1 Å². The van der Waals surface area contributed by atoms with Crippen molar-refractivity contribution in [2.75, 3.05) is 18.1 Å². The monoisotopic (exact) mass is 257 g/mol. The second-order valence-electron chi connectivity index (χ2n) is 4.02. The van der Waals surface area contributed by atoms with Crippen LogP contribution in [0.1, 0.15) is 17.3 Å². The van der Waals surface area contributed by atoms with Crippen LogP contribution in [0.4, 0.5) is 8.78 Å². The molecule has 0 saturated carbocycles. The van der Waals surface area contributed by atoms with Crippen LogP contribution < -0.4 is 0 Å². The molecule has 1 saturated heterocycles. The Morgan fingerprint density at radius 3 is 2.94 bits per heavy atom. The standard InChI is InChI=1S/C12H13F2NOS/c1-8-7-17-6-5-15(8)12(16)9-3-2-4-10(13)11(9)14/h2-4,8H,5-7H2,1H3. The summed E-state index contributed by atoms with van der Waals surface area (Å²) in [6, 6.07) is 3.76. The molecule has 1 fully saturated rings. The summed E-state index contributed by atoms with van der Waals surface area (Å²) < 4.78 is 26.6. The normalized spacial score (nSPS) is 20.4. The van der Waals surface area contributed by atoms with E-state index in [1.165, 1.54) is 12.1 Å². The average molecular weight is 257 g/mol. The predicted octanol–water partition coefficient (Wildman–Crippen LogP) is 2.54. The first-order valence-electron chi connectivity index (χ1n) is 5.44. The lowest BCUT2D eigenvalue weighted by Crippen LogP contribution is -2.44. The molecule has 2 nitrogen and oxygen atoms in total. The van der Waals surface area contributed by atoms with Gasteiger partial charge >= 0.3 is 0 Å². The molecule has 2 rings (SSSR count). The fourth-order valence-electron chi connectivity index (χ4n) is 1.85. The van der Waals surface area contributed by atoms with Gasteiger partial charge in [-0.2, -0.15) is 11.8 Å². The van der Waals surface area contributed by atoms with Gasteiger partial charge in [0.1, 0.15) is 0 Å². The summed E-state index contributed by atoms with van der Waals surface area (Å²) in [6.07, 6.45) is 0. The van der Waals surface area contributed by atoms with Gasteiger partial charge in [-0.3, -0.25) is 4.79 Å². The van der Waals surface area contributed by atoms with E-state index in [0.717, 1.165) is 17.6 Å². The highest BCUT2D eigenvalue weighted by Crippen LogP contribution is 2.20. The van der Waals surface area contributed by atoms with Crippen molar-refractivity contribution in [3.63, 3.8) is 0 Å². The molecule has 1 aliphatic heterocycles. The Hall–Kier alpha value is -1.10. The Kier molecular flexibility index (Phi) is 3.66. The number of thioether (sulfide) groups is 1. The van der Waals surface area contributed by atoms with Crippen molar-refractivity contribution in [3.8, 4) is 0 Å². The number of hydrogen-bond acceptors (Lipinski definition) is 2. The summed E-state index contributed by atoms with van der Waals surface area (Å²) in [5.41, 5.74) is -0.177. The molecule has 0 spiro atoms. The second-order valence-corrected chi connectivity index (χ2v) is 5.17. The molecule has 1 aliphatic rings. The maximum absolute atomic E-state index is 13.5. The molecule has 0 bridgehead atoms. The second kappa shape index (κ2) is 5.04. The van der Waals surface area contributed by atoms with Crippen molar-refractivity contribution >= 4 is 17.7 Å². The zero-order chi connectivity index (χ0) is 12.4. The van der Waals surface area contributed by atoms with E-state index in [2.05, 4.69) is 0 Å². The first-order valence-corrected chi connectivity index (χ1v) is 6.59. The molecule has 92 valence electrons. The van der Waals surface area contributed by atoms with E-state index in [1.54, 1.807) is 16.7 Å². The van der Waals surface area contributed by atoms with Gasteiger partial charge in [0.25, 0.3) is 5.91 Å². The summed E-state index contributed by atoms with van der Waals surface area (Å²) in [6.45, 7) is 2.50. The third-order valence-corrected chi connectivity index (χ3v) is 4.00. The summed E-state index contributed by atoms with van der Waals surface area (Å²) in [5, 5.41) is 0. The van der Waals surface area contributed by atoms with Crippen molar-refractivity contribution in [1.29, 1.82) is 0 Å². The van der Waals surface area contributed by atoms with E-state index in [4.69, 9.17) is 0 Å². The topological polar surface area (TPSA) is 20.3 Å². The zero-order valence-electron chi connectivity index (χ0n) is 9.45. The van der Waals surface area contributed by atoms with Gasteiger partial charge < -0.3 is 4.90 Å². The number of nitrogens with zero attached hydrogens (tertiary/aromatic N) is 1. The third kappa shape index (κ3) is 2.44. The smallest absolute Gasteiger partial charge is 0.257 e. The summed E-state index contributed by atoms with van der Waals surface area (Å²) >= 11 is 1.76. The van der Waals surface area contributed by atoms with Gasteiger partial charge in [-0.25, -0.2) is 8.78 Å². The molecule has 1 heterocycles. The number of benzene rings is 1. The molecule has 5 heteroatoms. The number of amides is 1. The van der Waals surface area contributed by atoms with Crippen LogP contribution in [0, 0.1) is 11.6 Å². The molecular formula is C12H13F2NOS. The maximum atomic E-state index is 13.5. The Morgan fingerprint density at radius 2 is 2.24 bits per heavy atom. The van der Waals surface area contributed by atoms with E-state index >= 15 is 0 Å². The first-order chi connectivity index (χ1) is 8.11.